The molecule has 0 saturated heterocycles. The highest BCUT2D eigenvalue weighted by Gasteiger charge is 2.19. The van der Waals surface area contributed by atoms with Crippen LogP contribution < -0.4 is 0 Å². The SMILES string of the molecule is CC/C=C\C/C=C\C/C=C\C/C=C\C/C=C\C/C=C\CCCCCCC(=O)OCC(COC(=O)CCCCCCCCCCCCCCC)OC(=O)CCCCCC/C=C\C/C=C\C/C=C\C/C=C\CC. The van der Waals surface area contributed by atoms with Crippen LogP contribution in [-0.4, -0.2) is 37.2 Å². The topological polar surface area (TPSA) is 78.9 Å². The molecule has 6 heteroatoms. The second kappa shape index (κ2) is 58.4. The fraction of sp³-hybridized carbons (Fsp3) is 0.646. The zero-order chi connectivity index (χ0) is 51.4. The molecule has 6 nitrogen and oxygen atoms in total. The van der Waals surface area contributed by atoms with Crippen LogP contribution in [0.4, 0.5) is 0 Å². The molecule has 0 aromatic rings. The Morgan fingerprint density at radius 1 is 0.296 bits per heavy atom. The summed E-state index contributed by atoms with van der Waals surface area (Å²) in [6.07, 6.45) is 80.4. The first-order chi connectivity index (χ1) is 35.0. The normalized spacial score (nSPS) is 13.0. The molecule has 0 amide bonds. The van der Waals surface area contributed by atoms with Crippen molar-refractivity contribution in [2.75, 3.05) is 13.2 Å². The Kier molecular flexibility index (Phi) is 54.9. The minimum atomic E-state index is -0.804. The van der Waals surface area contributed by atoms with Crippen LogP contribution >= 0.6 is 0 Å². The number of carbonyl (C=O) groups excluding carboxylic acids is 3. The number of rotatable bonds is 51. The van der Waals surface area contributed by atoms with Gasteiger partial charge in [-0.15, -0.1) is 0 Å². The van der Waals surface area contributed by atoms with Gasteiger partial charge in [0.1, 0.15) is 13.2 Å². The molecule has 0 aliphatic rings. The van der Waals surface area contributed by atoms with E-state index in [0.29, 0.717) is 19.3 Å². The maximum Gasteiger partial charge on any atom is 0.306 e. The van der Waals surface area contributed by atoms with Crippen molar-refractivity contribution in [3.8, 4) is 0 Å². The Morgan fingerprint density at radius 3 is 0.859 bits per heavy atom. The van der Waals surface area contributed by atoms with Crippen molar-refractivity contribution in [1.82, 2.24) is 0 Å². The number of ether oxygens (including phenoxy) is 3. The highest BCUT2D eigenvalue weighted by atomic mass is 16.6. The maximum atomic E-state index is 12.9. The molecular weight excluding hydrogens is 877 g/mol. The highest BCUT2D eigenvalue weighted by molar-refractivity contribution is 5.71. The van der Waals surface area contributed by atoms with Gasteiger partial charge in [-0.25, -0.2) is 0 Å². The number of esters is 3. The van der Waals surface area contributed by atoms with Crippen LogP contribution in [0.1, 0.15) is 252 Å². The van der Waals surface area contributed by atoms with Crippen molar-refractivity contribution >= 4 is 17.9 Å². The zero-order valence-corrected chi connectivity index (χ0v) is 45.9. The van der Waals surface area contributed by atoms with E-state index in [-0.39, 0.29) is 31.1 Å². The van der Waals surface area contributed by atoms with E-state index < -0.39 is 6.10 Å². The molecule has 71 heavy (non-hydrogen) atoms. The lowest BCUT2D eigenvalue weighted by atomic mass is 10.0. The first kappa shape index (κ1) is 66.8. The summed E-state index contributed by atoms with van der Waals surface area (Å²) in [5, 5.41) is 0. The Labute approximate surface area is 437 Å². The molecule has 0 N–H and O–H groups in total. The number of hydrogen-bond acceptors (Lipinski definition) is 6. The molecular formula is C65H106O6. The molecule has 0 aromatic heterocycles. The van der Waals surface area contributed by atoms with E-state index in [1.54, 1.807) is 0 Å². The smallest absolute Gasteiger partial charge is 0.306 e. The molecule has 0 spiro atoms. The van der Waals surface area contributed by atoms with E-state index in [2.05, 4.69) is 142 Å². The fourth-order valence-electron chi connectivity index (χ4n) is 7.67. The van der Waals surface area contributed by atoms with Crippen LogP contribution in [0.3, 0.4) is 0 Å². The van der Waals surface area contributed by atoms with Crippen molar-refractivity contribution in [1.29, 1.82) is 0 Å². The van der Waals surface area contributed by atoms with Crippen molar-refractivity contribution in [2.24, 2.45) is 0 Å². The molecule has 1 atom stereocenters. The standard InChI is InChI=1S/C65H106O6/c1-4-7-10-13-16-19-22-25-27-29-30-31-32-33-34-36-37-40-43-46-49-52-55-58-64(67)70-61-62(60-69-63(66)57-54-51-48-45-42-39-24-21-18-15-12-9-6-3)71-65(68)59-56-53-50-47-44-41-38-35-28-26-23-20-17-14-11-8-5-2/h7-8,10-11,16-17,19-20,25-28,30-31,33-34,37-38,40-41,62H,4-6,9,12-15,18,21-24,29,32,35-36,39,42-61H2,1-3H3/b10-7-,11-8-,19-16-,20-17-,27-25-,28-26-,31-30-,34-33-,40-37-,41-38-. The van der Waals surface area contributed by atoms with Gasteiger partial charge in [-0.3, -0.25) is 14.4 Å². The molecule has 0 saturated carbocycles. The van der Waals surface area contributed by atoms with Gasteiger partial charge in [-0.05, 0) is 109 Å². The van der Waals surface area contributed by atoms with Crippen LogP contribution in [0.15, 0.2) is 122 Å². The van der Waals surface area contributed by atoms with Crippen LogP contribution in [0.25, 0.3) is 0 Å². The Hall–Kier alpha value is -4.19. The molecule has 1 unspecified atom stereocenters. The Balaban J connectivity index is 4.46. The van der Waals surface area contributed by atoms with E-state index in [4.69, 9.17) is 14.2 Å². The van der Waals surface area contributed by atoms with Gasteiger partial charge in [-0.1, -0.05) is 245 Å². The predicted octanol–water partition coefficient (Wildman–Crippen LogP) is 19.6. The van der Waals surface area contributed by atoms with Crippen molar-refractivity contribution in [3.63, 3.8) is 0 Å². The number of allylic oxidation sites excluding steroid dienone is 20. The van der Waals surface area contributed by atoms with E-state index in [1.807, 2.05) is 0 Å². The van der Waals surface area contributed by atoms with Crippen LogP contribution in [0.5, 0.6) is 0 Å². The minimum absolute atomic E-state index is 0.0975. The van der Waals surface area contributed by atoms with Crippen LogP contribution in [-0.2, 0) is 28.6 Å². The molecule has 0 heterocycles. The molecule has 0 aromatic carbocycles. The molecule has 0 aliphatic heterocycles. The monoisotopic (exact) mass is 983 g/mol. The summed E-state index contributed by atoms with van der Waals surface area (Å²) in [5.74, 6) is -0.947. The second-order valence-corrected chi connectivity index (χ2v) is 18.8. The van der Waals surface area contributed by atoms with E-state index >= 15 is 0 Å². The highest BCUT2D eigenvalue weighted by Crippen LogP contribution is 2.15. The number of hydrogen-bond donors (Lipinski definition) is 0. The number of carbonyl (C=O) groups is 3. The van der Waals surface area contributed by atoms with Gasteiger partial charge in [0.25, 0.3) is 0 Å². The van der Waals surface area contributed by atoms with Gasteiger partial charge in [0.2, 0.25) is 0 Å². The van der Waals surface area contributed by atoms with E-state index in [1.165, 1.54) is 64.2 Å². The summed E-state index contributed by atoms with van der Waals surface area (Å²) >= 11 is 0. The van der Waals surface area contributed by atoms with Crippen molar-refractivity contribution in [2.45, 2.75) is 258 Å². The average molecular weight is 984 g/mol. The molecule has 0 radical (unpaired) electrons. The third kappa shape index (κ3) is 56.6. The van der Waals surface area contributed by atoms with E-state index in [9.17, 15) is 14.4 Å². The summed E-state index contributed by atoms with van der Waals surface area (Å²) < 4.78 is 16.8. The lowest BCUT2D eigenvalue weighted by Crippen LogP contribution is -2.30. The van der Waals surface area contributed by atoms with Gasteiger partial charge < -0.3 is 14.2 Å². The lowest BCUT2D eigenvalue weighted by Gasteiger charge is -2.18. The Bertz CT molecular complexity index is 1500. The third-order valence-electron chi connectivity index (χ3n) is 12.0. The van der Waals surface area contributed by atoms with Crippen molar-refractivity contribution < 1.29 is 28.6 Å². The van der Waals surface area contributed by atoms with Crippen LogP contribution in [0.2, 0.25) is 0 Å². The zero-order valence-electron chi connectivity index (χ0n) is 45.9. The van der Waals surface area contributed by atoms with E-state index in [0.717, 1.165) is 148 Å². The first-order valence-corrected chi connectivity index (χ1v) is 29.0. The lowest BCUT2D eigenvalue weighted by molar-refractivity contribution is -0.167. The van der Waals surface area contributed by atoms with Gasteiger partial charge in [0, 0.05) is 19.3 Å². The second-order valence-electron chi connectivity index (χ2n) is 18.8. The Morgan fingerprint density at radius 2 is 0.549 bits per heavy atom. The number of unbranched alkanes of at least 4 members (excludes halogenated alkanes) is 20. The predicted molar refractivity (Wildman–Crippen MR) is 306 cm³/mol. The summed E-state index contributed by atoms with van der Waals surface area (Å²) in [5.41, 5.74) is 0. The van der Waals surface area contributed by atoms with Crippen molar-refractivity contribution in [3.05, 3.63) is 122 Å². The maximum absolute atomic E-state index is 12.9. The van der Waals surface area contributed by atoms with Gasteiger partial charge in [0.05, 0.1) is 0 Å². The quantitative estimate of drug-likeness (QED) is 0.0261. The van der Waals surface area contributed by atoms with Gasteiger partial charge >= 0.3 is 17.9 Å². The summed E-state index contributed by atoms with van der Waals surface area (Å²) in [6.45, 7) is 6.37. The molecule has 0 bridgehead atoms. The molecule has 0 fully saturated rings. The molecule has 0 rings (SSSR count). The van der Waals surface area contributed by atoms with Crippen LogP contribution in [0, 0.1) is 0 Å². The third-order valence-corrected chi connectivity index (χ3v) is 12.0. The summed E-state index contributed by atoms with van der Waals surface area (Å²) in [4.78, 5) is 38.2. The van der Waals surface area contributed by atoms with Gasteiger partial charge in [0.15, 0.2) is 6.10 Å². The fourth-order valence-corrected chi connectivity index (χ4v) is 7.67. The molecule has 0 aliphatic carbocycles. The average Bonchev–Trinajstić information content (AvgIpc) is 3.37. The summed E-state index contributed by atoms with van der Waals surface area (Å²) in [6, 6.07) is 0. The molecule has 402 valence electrons. The first-order valence-electron chi connectivity index (χ1n) is 29.0. The minimum Gasteiger partial charge on any atom is -0.462 e. The largest absolute Gasteiger partial charge is 0.462 e. The van der Waals surface area contributed by atoms with Gasteiger partial charge in [-0.2, -0.15) is 0 Å². The summed E-state index contributed by atoms with van der Waals surface area (Å²) in [7, 11) is 0.